The van der Waals surface area contributed by atoms with Gasteiger partial charge in [-0.25, -0.2) is 0 Å². The van der Waals surface area contributed by atoms with Gasteiger partial charge in [-0.15, -0.1) is 0 Å². The number of nitrogens with one attached hydrogen (secondary N) is 1. The molecule has 1 amide bonds. The Morgan fingerprint density at radius 3 is 2.29 bits per heavy atom. The Balaban J connectivity index is 1.87. The number of carbonyl (C=O) groups excluding carboxylic acids is 2. The van der Waals surface area contributed by atoms with E-state index in [1.54, 1.807) is 13.0 Å². The largest absolute Gasteiger partial charge is 0.545 e. The number of rotatable bonds is 4. The van der Waals surface area contributed by atoms with Gasteiger partial charge in [-0.1, -0.05) is 42.5 Å². The highest BCUT2D eigenvalue weighted by Gasteiger charge is 2.18. The van der Waals surface area contributed by atoms with Gasteiger partial charge in [-0.05, 0) is 30.7 Å². The molecular weight excluding hydrogens is 306 g/mol. The second-order valence-electron chi connectivity index (χ2n) is 5.28. The number of aromatic carboxylic acids is 1. The van der Waals surface area contributed by atoms with E-state index >= 15 is 0 Å². The third-order valence-corrected chi connectivity index (χ3v) is 3.51. The average Bonchev–Trinajstić information content (AvgIpc) is 2.98. The van der Waals surface area contributed by atoms with Crippen LogP contribution in [0.5, 0.6) is 0 Å². The molecule has 3 rings (SSSR count). The van der Waals surface area contributed by atoms with Crippen molar-refractivity contribution in [3.05, 3.63) is 77.6 Å². The van der Waals surface area contributed by atoms with Crippen LogP contribution in [-0.4, -0.2) is 11.9 Å². The molecule has 3 aromatic rings. The van der Waals surface area contributed by atoms with Crippen LogP contribution in [0.3, 0.4) is 0 Å². The van der Waals surface area contributed by atoms with Gasteiger partial charge in [0.05, 0.1) is 11.5 Å². The molecule has 1 N–H and O–H groups in total. The highest BCUT2D eigenvalue weighted by atomic mass is 16.4. The maximum Gasteiger partial charge on any atom is 0.259 e. The number of aryl methyl sites for hydroxylation is 1. The summed E-state index contributed by atoms with van der Waals surface area (Å²) >= 11 is 0. The van der Waals surface area contributed by atoms with E-state index < -0.39 is 5.97 Å². The molecule has 0 atom stereocenters. The van der Waals surface area contributed by atoms with Gasteiger partial charge >= 0.3 is 0 Å². The lowest BCUT2D eigenvalue weighted by Crippen LogP contribution is -2.22. The Kier molecular flexibility index (Phi) is 4.16. The Hall–Kier alpha value is -3.34. The Morgan fingerprint density at radius 2 is 1.67 bits per heavy atom. The summed E-state index contributed by atoms with van der Waals surface area (Å²) in [5.74, 6) is -0.458. The van der Waals surface area contributed by atoms with Crippen molar-refractivity contribution in [2.24, 2.45) is 0 Å². The fourth-order valence-electron chi connectivity index (χ4n) is 2.37. The lowest BCUT2D eigenvalue weighted by atomic mass is 10.1. The van der Waals surface area contributed by atoms with Crippen LogP contribution in [0.4, 0.5) is 5.69 Å². The van der Waals surface area contributed by atoms with Crippen LogP contribution in [0.2, 0.25) is 0 Å². The zero-order valence-electron chi connectivity index (χ0n) is 12.9. The molecule has 1 heterocycles. The first-order valence-electron chi connectivity index (χ1n) is 7.33. The highest BCUT2D eigenvalue weighted by Crippen LogP contribution is 2.27. The molecule has 0 unspecified atom stereocenters. The molecule has 5 heteroatoms. The number of hydrogen-bond acceptors (Lipinski definition) is 4. The fourth-order valence-corrected chi connectivity index (χ4v) is 2.37. The minimum atomic E-state index is -1.26. The lowest BCUT2D eigenvalue weighted by Gasteiger charge is -2.07. The molecule has 0 spiro atoms. The van der Waals surface area contributed by atoms with E-state index in [0.29, 0.717) is 22.8 Å². The van der Waals surface area contributed by atoms with E-state index in [9.17, 15) is 14.7 Å². The maximum absolute atomic E-state index is 12.5. The second-order valence-corrected chi connectivity index (χ2v) is 5.28. The predicted molar refractivity (Wildman–Crippen MR) is 87.6 cm³/mol. The summed E-state index contributed by atoms with van der Waals surface area (Å²) in [6.07, 6.45) is 0. The van der Waals surface area contributed by atoms with Crippen molar-refractivity contribution in [1.29, 1.82) is 0 Å². The predicted octanol–water partition coefficient (Wildman–Crippen LogP) is 2.87. The van der Waals surface area contributed by atoms with Crippen LogP contribution in [0, 0.1) is 6.92 Å². The lowest BCUT2D eigenvalue weighted by molar-refractivity contribution is -0.255. The van der Waals surface area contributed by atoms with Gasteiger partial charge in [0.2, 0.25) is 0 Å². The smallest absolute Gasteiger partial charge is 0.259 e. The van der Waals surface area contributed by atoms with Crippen molar-refractivity contribution in [2.45, 2.75) is 6.92 Å². The van der Waals surface area contributed by atoms with Crippen LogP contribution >= 0.6 is 0 Å². The third-order valence-electron chi connectivity index (χ3n) is 3.51. The van der Waals surface area contributed by atoms with E-state index in [2.05, 4.69) is 5.32 Å². The summed E-state index contributed by atoms with van der Waals surface area (Å²) in [6.45, 7) is 1.78. The minimum Gasteiger partial charge on any atom is -0.545 e. The maximum atomic E-state index is 12.5. The molecular formula is C19H14NO4-. The fraction of sp³-hybridized carbons (Fsp3) is 0.0526. The quantitative estimate of drug-likeness (QED) is 0.801. The van der Waals surface area contributed by atoms with E-state index in [-0.39, 0.29) is 11.5 Å². The first-order chi connectivity index (χ1) is 11.5. The van der Waals surface area contributed by atoms with Crippen LogP contribution in [0.15, 0.2) is 65.1 Å². The average molecular weight is 320 g/mol. The van der Waals surface area contributed by atoms with E-state index in [0.717, 1.165) is 5.56 Å². The molecule has 1 aromatic heterocycles. The Bertz CT molecular complexity index is 879. The van der Waals surface area contributed by atoms with Gasteiger partial charge in [-0.3, -0.25) is 4.79 Å². The first kappa shape index (κ1) is 15.6. The minimum absolute atomic E-state index is 0.0529. The summed E-state index contributed by atoms with van der Waals surface area (Å²) in [5, 5.41) is 13.5. The van der Waals surface area contributed by atoms with Crippen molar-refractivity contribution < 1.29 is 19.1 Å². The summed E-state index contributed by atoms with van der Waals surface area (Å²) < 4.78 is 5.66. The van der Waals surface area contributed by atoms with Gasteiger partial charge in [0.1, 0.15) is 11.5 Å². The first-order valence-corrected chi connectivity index (χ1v) is 7.33. The van der Waals surface area contributed by atoms with Crippen molar-refractivity contribution in [2.75, 3.05) is 5.32 Å². The van der Waals surface area contributed by atoms with Gasteiger partial charge < -0.3 is 19.6 Å². The number of carboxylic acid groups (broad SMARTS) is 1. The SMILES string of the molecule is Cc1cc(C(=O)Nc2ccc(C(=O)[O-])cc2)c(-c2ccccc2)o1. The normalized spacial score (nSPS) is 10.4. The molecule has 0 aliphatic rings. The van der Waals surface area contributed by atoms with Crippen molar-refractivity contribution in [1.82, 2.24) is 0 Å². The number of furan rings is 1. The van der Waals surface area contributed by atoms with Crippen LogP contribution in [0.25, 0.3) is 11.3 Å². The van der Waals surface area contributed by atoms with Gasteiger partial charge in [-0.2, -0.15) is 0 Å². The number of carbonyl (C=O) groups is 2. The zero-order valence-corrected chi connectivity index (χ0v) is 12.9. The van der Waals surface area contributed by atoms with E-state index in [1.807, 2.05) is 30.3 Å². The standard InChI is InChI=1S/C19H15NO4/c1-12-11-16(17(24-12)13-5-3-2-4-6-13)18(21)20-15-9-7-14(8-10-15)19(22)23/h2-11H,1H3,(H,20,21)(H,22,23)/p-1. The molecule has 0 aliphatic carbocycles. The van der Waals surface area contributed by atoms with Gasteiger partial charge in [0.25, 0.3) is 5.91 Å². The number of carboxylic acids is 1. The Morgan fingerprint density at radius 1 is 1.00 bits per heavy atom. The molecule has 2 aromatic carbocycles. The second kappa shape index (κ2) is 6.42. The van der Waals surface area contributed by atoms with Crippen molar-refractivity contribution >= 4 is 17.6 Å². The number of benzene rings is 2. The van der Waals surface area contributed by atoms with Crippen LogP contribution < -0.4 is 10.4 Å². The summed E-state index contributed by atoms with van der Waals surface area (Å²) in [7, 11) is 0. The highest BCUT2D eigenvalue weighted by molar-refractivity contribution is 6.08. The van der Waals surface area contributed by atoms with Crippen LogP contribution in [0.1, 0.15) is 26.5 Å². The van der Waals surface area contributed by atoms with Crippen LogP contribution in [-0.2, 0) is 0 Å². The molecule has 0 bridgehead atoms. The number of anilines is 1. The molecule has 0 saturated carbocycles. The Labute approximate surface area is 138 Å². The molecule has 120 valence electrons. The molecule has 0 aliphatic heterocycles. The third kappa shape index (κ3) is 3.20. The molecule has 24 heavy (non-hydrogen) atoms. The molecule has 0 radical (unpaired) electrons. The summed E-state index contributed by atoms with van der Waals surface area (Å²) in [5.41, 5.74) is 1.77. The van der Waals surface area contributed by atoms with E-state index in [4.69, 9.17) is 4.42 Å². The van der Waals surface area contributed by atoms with Gasteiger partial charge in [0, 0.05) is 11.3 Å². The summed E-state index contributed by atoms with van der Waals surface area (Å²) in [6, 6.07) is 16.8. The van der Waals surface area contributed by atoms with Gasteiger partial charge in [0.15, 0.2) is 0 Å². The molecule has 5 nitrogen and oxygen atoms in total. The zero-order chi connectivity index (χ0) is 17.1. The monoisotopic (exact) mass is 320 g/mol. The molecule has 0 fully saturated rings. The van der Waals surface area contributed by atoms with E-state index in [1.165, 1.54) is 24.3 Å². The summed E-state index contributed by atoms with van der Waals surface area (Å²) in [4.78, 5) is 23.3. The van der Waals surface area contributed by atoms with Crippen molar-refractivity contribution in [3.8, 4) is 11.3 Å². The number of hydrogen-bond donors (Lipinski definition) is 1. The molecule has 0 saturated heterocycles. The number of amides is 1. The van der Waals surface area contributed by atoms with Crippen molar-refractivity contribution in [3.63, 3.8) is 0 Å². The topological polar surface area (TPSA) is 82.4 Å².